The topological polar surface area (TPSA) is 38.5 Å². The highest BCUT2D eigenvalue weighted by molar-refractivity contribution is 5.49. The molecule has 0 spiro atoms. The second-order valence-corrected chi connectivity index (χ2v) is 4.51. The van der Waals surface area contributed by atoms with E-state index in [1.54, 1.807) is 0 Å². The molecule has 0 saturated carbocycles. The third-order valence-electron chi connectivity index (χ3n) is 3.00. The highest BCUT2D eigenvalue weighted by atomic mass is 16.5. The fourth-order valence-corrected chi connectivity index (χ4v) is 2.06. The van der Waals surface area contributed by atoms with Crippen LogP contribution in [0.25, 0.3) is 0 Å². The molecule has 2 unspecified atom stereocenters. The molecule has 3 heteroatoms. The van der Waals surface area contributed by atoms with Crippen molar-refractivity contribution in [3.8, 4) is 0 Å². The van der Waals surface area contributed by atoms with Crippen molar-refractivity contribution < 1.29 is 4.74 Å². The van der Waals surface area contributed by atoms with Gasteiger partial charge in [0, 0.05) is 24.8 Å². The molecule has 0 radical (unpaired) electrons. The molecule has 1 aliphatic heterocycles. The highest BCUT2D eigenvalue weighted by Crippen LogP contribution is 2.21. The summed E-state index contributed by atoms with van der Waals surface area (Å²) in [6.45, 7) is 6.86. The number of rotatable bonds is 2. The minimum absolute atomic E-state index is 0.0958. The normalized spacial score (nSPS) is 23.2. The van der Waals surface area contributed by atoms with E-state index in [1.165, 1.54) is 11.3 Å². The van der Waals surface area contributed by atoms with Gasteiger partial charge in [-0.1, -0.05) is 12.1 Å². The number of nitrogens with two attached hydrogens (primary N) is 1. The summed E-state index contributed by atoms with van der Waals surface area (Å²) in [5.74, 6) is 0. The molecule has 1 saturated heterocycles. The molecule has 16 heavy (non-hydrogen) atoms. The van der Waals surface area contributed by atoms with Crippen LogP contribution in [0.3, 0.4) is 0 Å². The van der Waals surface area contributed by atoms with Crippen molar-refractivity contribution in [1.29, 1.82) is 0 Å². The SMILES string of the molecule is CC1CN(c2cccc(C(C)N)c2)CCO1. The number of morpholine rings is 1. The summed E-state index contributed by atoms with van der Waals surface area (Å²) < 4.78 is 5.54. The van der Waals surface area contributed by atoms with Crippen LogP contribution in [0.5, 0.6) is 0 Å². The van der Waals surface area contributed by atoms with Crippen molar-refractivity contribution in [3.63, 3.8) is 0 Å². The average Bonchev–Trinajstić information content (AvgIpc) is 2.29. The van der Waals surface area contributed by atoms with Gasteiger partial charge < -0.3 is 15.4 Å². The molecule has 2 N–H and O–H groups in total. The van der Waals surface area contributed by atoms with E-state index in [4.69, 9.17) is 10.5 Å². The zero-order valence-corrected chi connectivity index (χ0v) is 10.0. The molecular formula is C13H20N2O. The van der Waals surface area contributed by atoms with Crippen molar-refractivity contribution in [2.45, 2.75) is 26.0 Å². The molecule has 1 fully saturated rings. The standard InChI is InChI=1S/C13H20N2O/c1-10-9-15(6-7-16-10)13-5-3-4-12(8-13)11(2)14/h3-5,8,10-11H,6-7,9,14H2,1-2H3. The maximum absolute atomic E-state index is 5.90. The van der Waals surface area contributed by atoms with Crippen LogP contribution in [0, 0.1) is 0 Å². The predicted octanol–water partition coefficient (Wildman–Crippen LogP) is 1.93. The van der Waals surface area contributed by atoms with Gasteiger partial charge in [-0.05, 0) is 31.5 Å². The zero-order valence-electron chi connectivity index (χ0n) is 10.0. The van der Waals surface area contributed by atoms with Gasteiger partial charge in [0.2, 0.25) is 0 Å². The van der Waals surface area contributed by atoms with Gasteiger partial charge in [-0.25, -0.2) is 0 Å². The van der Waals surface area contributed by atoms with Crippen LogP contribution < -0.4 is 10.6 Å². The van der Waals surface area contributed by atoms with E-state index in [-0.39, 0.29) is 6.04 Å². The minimum atomic E-state index is 0.0958. The maximum atomic E-state index is 5.90. The monoisotopic (exact) mass is 220 g/mol. The first-order valence-electron chi connectivity index (χ1n) is 5.89. The maximum Gasteiger partial charge on any atom is 0.0722 e. The van der Waals surface area contributed by atoms with Crippen molar-refractivity contribution in [2.75, 3.05) is 24.6 Å². The first-order chi connectivity index (χ1) is 7.66. The van der Waals surface area contributed by atoms with Gasteiger partial charge in [-0.2, -0.15) is 0 Å². The largest absolute Gasteiger partial charge is 0.375 e. The predicted molar refractivity (Wildman–Crippen MR) is 66.7 cm³/mol. The van der Waals surface area contributed by atoms with Crippen LogP contribution in [0.1, 0.15) is 25.5 Å². The summed E-state index contributed by atoms with van der Waals surface area (Å²) in [6, 6.07) is 8.58. The summed E-state index contributed by atoms with van der Waals surface area (Å²) >= 11 is 0. The lowest BCUT2D eigenvalue weighted by molar-refractivity contribution is 0.0532. The van der Waals surface area contributed by atoms with Gasteiger partial charge >= 0.3 is 0 Å². The fourth-order valence-electron chi connectivity index (χ4n) is 2.06. The van der Waals surface area contributed by atoms with E-state index in [0.29, 0.717) is 6.10 Å². The molecule has 0 amide bonds. The summed E-state index contributed by atoms with van der Waals surface area (Å²) in [6.07, 6.45) is 0.313. The molecule has 0 aromatic heterocycles. The molecular weight excluding hydrogens is 200 g/mol. The summed E-state index contributed by atoms with van der Waals surface area (Å²) in [7, 11) is 0. The van der Waals surface area contributed by atoms with E-state index >= 15 is 0 Å². The second-order valence-electron chi connectivity index (χ2n) is 4.51. The number of hydrogen-bond acceptors (Lipinski definition) is 3. The first kappa shape index (κ1) is 11.4. The second kappa shape index (κ2) is 4.85. The Morgan fingerprint density at radius 2 is 2.31 bits per heavy atom. The average molecular weight is 220 g/mol. The van der Waals surface area contributed by atoms with Crippen molar-refractivity contribution >= 4 is 5.69 Å². The molecule has 3 nitrogen and oxygen atoms in total. The first-order valence-corrected chi connectivity index (χ1v) is 5.89. The zero-order chi connectivity index (χ0) is 11.5. The number of hydrogen-bond donors (Lipinski definition) is 1. The Morgan fingerprint density at radius 1 is 1.50 bits per heavy atom. The van der Waals surface area contributed by atoms with E-state index in [2.05, 4.69) is 36.1 Å². The number of benzene rings is 1. The van der Waals surface area contributed by atoms with Gasteiger partial charge in [-0.3, -0.25) is 0 Å². The molecule has 0 bridgehead atoms. The van der Waals surface area contributed by atoms with Gasteiger partial charge in [0.05, 0.1) is 12.7 Å². The van der Waals surface area contributed by atoms with E-state index < -0.39 is 0 Å². The number of anilines is 1. The summed E-state index contributed by atoms with van der Waals surface area (Å²) in [5.41, 5.74) is 8.34. The van der Waals surface area contributed by atoms with Crippen molar-refractivity contribution in [3.05, 3.63) is 29.8 Å². The summed E-state index contributed by atoms with van der Waals surface area (Å²) in [4.78, 5) is 2.36. The van der Waals surface area contributed by atoms with Crippen LogP contribution in [0.2, 0.25) is 0 Å². The van der Waals surface area contributed by atoms with E-state index in [1.807, 2.05) is 6.92 Å². The Morgan fingerprint density at radius 3 is 3.00 bits per heavy atom. The Labute approximate surface area is 97.2 Å². The quantitative estimate of drug-likeness (QED) is 0.827. The molecule has 2 atom stereocenters. The van der Waals surface area contributed by atoms with Crippen LogP contribution in [-0.4, -0.2) is 25.8 Å². The van der Waals surface area contributed by atoms with Gasteiger partial charge in [0.1, 0.15) is 0 Å². The fraction of sp³-hybridized carbons (Fsp3) is 0.538. The Hall–Kier alpha value is -1.06. The smallest absolute Gasteiger partial charge is 0.0722 e. The molecule has 1 aromatic rings. The van der Waals surface area contributed by atoms with Crippen molar-refractivity contribution in [2.24, 2.45) is 5.73 Å². The highest BCUT2D eigenvalue weighted by Gasteiger charge is 2.17. The molecule has 1 aliphatic rings. The van der Waals surface area contributed by atoms with Crippen LogP contribution in [-0.2, 0) is 4.74 Å². The minimum Gasteiger partial charge on any atom is -0.375 e. The van der Waals surface area contributed by atoms with Gasteiger partial charge in [0.15, 0.2) is 0 Å². The lowest BCUT2D eigenvalue weighted by Gasteiger charge is -2.33. The molecule has 88 valence electrons. The molecule has 1 heterocycles. The van der Waals surface area contributed by atoms with Gasteiger partial charge in [-0.15, -0.1) is 0 Å². The lowest BCUT2D eigenvalue weighted by Crippen LogP contribution is -2.41. The van der Waals surface area contributed by atoms with Crippen molar-refractivity contribution in [1.82, 2.24) is 0 Å². The number of ether oxygens (including phenoxy) is 1. The van der Waals surface area contributed by atoms with Crippen LogP contribution in [0.4, 0.5) is 5.69 Å². The lowest BCUT2D eigenvalue weighted by atomic mass is 10.1. The molecule has 2 rings (SSSR count). The third-order valence-corrected chi connectivity index (χ3v) is 3.00. The molecule has 0 aliphatic carbocycles. The van der Waals surface area contributed by atoms with Crippen LogP contribution in [0.15, 0.2) is 24.3 Å². The van der Waals surface area contributed by atoms with Crippen LogP contribution >= 0.6 is 0 Å². The molecule has 1 aromatic carbocycles. The van der Waals surface area contributed by atoms with Gasteiger partial charge in [0.25, 0.3) is 0 Å². The van der Waals surface area contributed by atoms with E-state index in [9.17, 15) is 0 Å². The van der Waals surface area contributed by atoms with E-state index in [0.717, 1.165) is 19.7 Å². The third kappa shape index (κ3) is 2.54. The Bertz CT molecular complexity index is 352. The number of nitrogens with zero attached hydrogens (tertiary/aromatic N) is 1. The Balaban J connectivity index is 2.16. The Kier molecular flexibility index (Phi) is 3.46. The summed E-state index contributed by atoms with van der Waals surface area (Å²) in [5, 5.41) is 0.